The van der Waals surface area contributed by atoms with Gasteiger partial charge in [0, 0.05) is 0 Å². The molecule has 0 spiro atoms. The van der Waals surface area contributed by atoms with Crippen LogP contribution in [0, 0.1) is 6.92 Å². The molecule has 1 N–H and O–H groups in total. The molecule has 7 heteroatoms. The van der Waals surface area contributed by atoms with Crippen LogP contribution in [0.5, 0.6) is 17.2 Å². The molecule has 1 atom stereocenters. The van der Waals surface area contributed by atoms with Gasteiger partial charge in [-0.1, -0.05) is 24.3 Å². The molecule has 0 radical (unpaired) electrons. The summed E-state index contributed by atoms with van der Waals surface area (Å²) in [5, 5.41) is 2.71. The smallest absolute Gasteiger partial charge is 0.344 e. The number of carbonyl (C=O) groups is 2. The van der Waals surface area contributed by atoms with E-state index in [9.17, 15) is 9.59 Å². The van der Waals surface area contributed by atoms with Crippen molar-refractivity contribution in [1.82, 2.24) is 0 Å². The maximum atomic E-state index is 12.4. The van der Waals surface area contributed by atoms with E-state index in [0.717, 1.165) is 11.1 Å². The summed E-state index contributed by atoms with van der Waals surface area (Å²) in [7, 11) is 3.03. The second-order valence-electron chi connectivity index (χ2n) is 6.52. The zero-order valence-electron chi connectivity index (χ0n) is 17.9. The number of benzene rings is 2. The Morgan fingerprint density at radius 1 is 1.03 bits per heavy atom. The van der Waals surface area contributed by atoms with Crippen molar-refractivity contribution in [3.8, 4) is 17.2 Å². The van der Waals surface area contributed by atoms with Crippen molar-refractivity contribution in [3.63, 3.8) is 0 Å². The summed E-state index contributed by atoms with van der Waals surface area (Å²) in [5.74, 6) is 0.276. The molecule has 160 valence electrons. The molecule has 2 rings (SSSR count). The standard InChI is InChI=1S/C23H27NO6/c1-6-7-17-9-11-20(21(13-17)28-5)29-14-22(25)30-16(3)23(26)24-18-12-15(2)8-10-19(18)27-4/h6-13,16H,14H2,1-5H3,(H,24,26)/b7-6+/t16-/m0/s1. The van der Waals surface area contributed by atoms with E-state index in [1.54, 1.807) is 24.3 Å². The van der Waals surface area contributed by atoms with E-state index in [-0.39, 0.29) is 6.61 Å². The molecule has 0 heterocycles. The molecule has 0 saturated carbocycles. The molecule has 1 amide bonds. The Morgan fingerprint density at radius 2 is 1.73 bits per heavy atom. The van der Waals surface area contributed by atoms with Crippen LogP contribution in [0.3, 0.4) is 0 Å². The lowest BCUT2D eigenvalue weighted by molar-refractivity contribution is -0.155. The fourth-order valence-electron chi connectivity index (χ4n) is 2.67. The van der Waals surface area contributed by atoms with Crippen molar-refractivity contribution in [3.05, 3.63) is 53.6 Å². The molecule has 0 aliphatic heterocycles. The third-order valence-corrected chi connectivity index (χ3v) is 4.18. The highest BCUT2D eigenvalue weighted by molar-refractivity contribution is 5.96. The van der Waals surface area contributed by atoms with Crippen LogP contribution in [0.25, 0.3) is 6.08 Å². The number of aryl methyl sites for hydroxylation is 1. The molecule has 0 bridgehead atoms. The predicted octanol–water partition coefficient (Wildman–Crippen LogP) is 3.99. The number of carbonyl (C=O) groups excluding carboxylic acids is 2. The largest absolute Gasteiger partial charge is 0.495 e. The van der Waals surface area contributed by atoms with Gasteiger partial charge in [-0.2, -0.15) is 0 Å². The van der Waals surface area contributed by atoms with E-state index < -0.39 is 18.0 Å². The minimum absolute atomic E-state index is 0.356. The van der Waals surface area contributed by atoms with Gasteiger partial charge in [0.25, 0.3) is 5.91 Å². The summed E-state index contributed by atoms with van der Waals surface area (Å²) >= 11 is 0. The quantitative estimate of drug-likeness (QED) is 0.626. The van der Waals surface area contributed by atoms with E-state index in [2.05, 4.69) is 5.32 Å². The maximum absolute atomic E-state index is 12.4. The second-order valence-corrected chi connectivity index (χ2v) is 6.52. The number of anilines is 1. The van der Waals surface area contributed by atoms with Gasteiger partial charge in [-0.05, 0) is 56.2 Å². The summed E-state index contributed by atoms with van der Waals surface area (Å²) in [4.78, 5) is 24.5. The normalized spacial score (nSPS) is 11.6. The average Bonchev–Trinajstić information content (AvgIpc) is 2.73. The van der Waals surface area contributed by atoms with Crippen molar-refractivity contribution < 1.29 is 28.5 Å². The first-order valence-corrected chi connectivity index (χ1v) is 9.46. The minimum Gasteiger partial charge on any atom is -0.495 e. The van der Waals surface area contributed by atoms with Gasteiger partial charge in [-0.3, -0.25) is 4.79 Å². The van der Waals surface area contributed by atoms with Gasteiger partial charge in [0.2, 0.25) is 0 Å². The Bertz CT molecular complexity index is 922. The SMILES string of the molecule is C/C=C/c1ccc(OCC(=O)O[C@@H](C)C(=O)Nc2cc(C)ccc2OC)c(OC)c1. The first-order chi connectivity index (χ1) is 14.4. The van der Waals surface area contributed by atoms with Crippen molar-refractivity contribution in [2.24, 2.45) is 0 Å². The highest BCUT2D eigenvalue weighted by Gasteiger charge is 2.20. The van der Waals surface area contributed by atoms with E-state index >= 15 is 0 Å². The fraction of sp³-hybridized carbons (Fsp3) is 0.304. The molecule has 0 aliphatic carbocycles. The Morgan fingerprint density at radius 3 is 2.40 bits per heavy atom. The zero-order valence-corrected chi connectivity index (χ0v) is 17.9. The summed E-state index contributed by atoms with van der Waals surface area (Å²) in [6.07, 6.45) is 2.82. The van der Waals surface area contributed by atoms with Crippen molar-refractivity contribution in [2.45, 2.75) is 26.9 Å². The number of rotatable bonds is 9. The van der Waals surface area contributed by atoms with Crippen LogP contribution in [0.4, 0.5) is 5.69 Å². The first kappa shape index (κ1) is 22.8. The van der Waals surface area contributed by atoms with E-state index in [1.165, 1.54) is 21.1 Å². The highest BCUT2D eigenvalue weighted by atomic mass is 16.6. The third-order valence-electron chi connectivity index (χ3n) is 4.18. The topological polar surface area (TPSA) is 83.1 Å². The number of hydrogen-bond donors (Lipinski definition) is 1. The van der Waals surface area contributed by atoms with Crippen LogP contribution >= 0.6 is 0 Å². The van der Waals surface area contributed by atoms with Crippen molar-refractivity contribution >= 4 is 23.6 Å². The number of methoxy groups -OCH3 is 2. The summed E-state index contributed by atoms with van der Waals surface area (Å²) in [6, 6.07) is 10.7. The van der Waals surface area contributed by atoms with Crippen molar-refractivity contribution in [2.75, 3.05) is 26.1 Å². The number of esters is 1. The first-order valence-electron chi connectivity index (χ1n) is 9.46. The lowest BCUT2D eigenvalue weighted by Crippen LogP contribution is -2.31. The van der Waals surface area contributed by atoms with Crippen LogP contribution in [0.2, 0.25) is 0 Å². The molecule has 0 saturated heterocycles. The Balaban J connectivity index is 1.93. The molecule has 0 unspecified atom stereocenters. The lowest BCUT2D eigenvalue weighted by atomic mass is 10.2. The molecule has 0 aromatic heterocycles. The Hall–Kier alpha value is -3.48. The van der Waals surface area contributed by atoms with E-state index in [4.69, 9.17) is 18.9 Å². The Labute approximate surface area is 176 Å². The van der Waals surface area contributed by atoms with Crippen LogP contribution < -0.4 is 19.5 Å². The van der Waals surface area contributed by atoms with Crippen LogP contribution in [0.15, 0.2) is 42.5 Å². The number of hydrogen-bond acceptors (Lipinski definition) is 6. The number of nitrogens with one attached hydrogen (secondary N) is 1. The average molecular weight is 413 g/mol. The zero-order chi connectivity index (χ0) is 22.1. The van der Waals surface area contributed by atoms with E-state index in [1.807, 2.05) is 38.1 Å². The summed E-state index contributed by atoms with van der Waals surface area (Å²) in [5.41, 5.74) is 2.41. The van der Waals surface area contributed by atoms with Gasteiger partial charge in [0.1, 0.15) is 5.75 Å². The van der Waals surface area contributed by atoms with Gasteiger partial charge in [-0.25, -0.2) is 4.79 Å². The minimum atomic E-state index is -1.01. The highest BCUT2D eigenvalue weighted by Crippen LogP contribution is 2.29. The van der Waals surface area contributed by atoms with Crippen LogP contribution in [0.1, 0.15) is 25.0 Å². The van der Waals surface area contributed by atoms with Gasteiger partial charge in [0.15, 0.2) is 24.2 Å². The maximum Gasteiger partial charge on any atom is 0.344 e. The number of allylic oxidation sites excluding steroid dienone is 1. The second kappa shape index (κ2) is 10.9. The van der Waals surface area contributed by atoms with Crippen molar-refractivity contribution in [1.29, 1.82) is 0 Å². The number of ether oxygens (including phenoxy) is 4. The number of amides is 1. The molecule has 2 aromatic rings. The van der Waals surface area contributed by atoms with Gasteiger partial charge in [0.05, 0.1) is 19.9 Å². The molecule has 0 aliphatic rings. The molecule has 2 aromatic carbocycles. The lowest BCUT2D eigenvalue weighted by Gasteiger charge is -2.16. The van der Waals surface area contributed by atoms with E-state index in [0.29, 0.717) is 22.9 Å². The monoisotopic (exact) mass is 413 g/mol. The summed E-state index contributed by atoms with van der Waals surface area (Å²) in [6.45, 7) is 4.95. The third kappa shape index (κ3) is 6.27. The van der Waals surface area contributed by atoms with Gasteiger partial charge in [-0.15, -0.1) is 0 Å². The van der Waals surface area contributed by atoms with Gasteiger partial charge < -0.3 is 24.3 Å². The molecule has 0 fully saturated rings. The van der Waals surface area contributed by atoms with Crippen LogP contribution in [-0.4, -0.2) is 38.8 Å². The molecular formula is C23H27NO6. The van der Waals surface area contributed by atoms with Crippen LogP contribution in [-0.2, 0) is 14.3 Å². The summed E-state index contributed by atoms with van der Waals surface area (Å²) < 4.78 is 21.2. The van der Waals surface area contributed by atoms with Gasteiger partial charge >= 0.3 is 5.97 Å². The Kier molecular flexibility index (Phi) is 8.29. The molecule has 7 nitrogen and oxygen atoms in total. The molecular weight excluding hydrogens is 386 g/mol. The predicted molar refractivity (Wildman–Crippen MR) is 115 cm³/mol. The fourth-order valence-corrected chi connectivity index (χ4v) is 2.67. The molecule has 30 heavy (non-hydrogen) atoms.